The Hall–Kier alpha value is -1.20. The van der Waals surface area contributed by atoms with Crippen LogP contribution in [0.5, 0.6) is 0 Å². The molecule has 106 valence electrons. The second kappa shape index (κ2) is 7.40. The molecule has 0 unspecified atom stereocenters. The first-order chi connectivity index (χ1) is 9.33. The van der Waals surface area contributed by atoms with Gasteiger partial charge in [0.1, 0.15) is 12.1 Å². The van der Waals surface area contributed by atoms with Crippen LogP contribution in [0.3, 0.4) is 0 Å². The van der Waals surface area contributed by atoms with E-state index in [4.69, 9.17) is 5.73 Å². The minimum Gasteiger partial charge on any atom is -0.355 e. The van der Waals surface area contributed by atoms with Gasteiger partial charge in [-0.3, -0.25) is 0 Å². The lowest BCUT2D eigenvalue weighted by atomic mass is 10.3. The largest absolute Gasteiger partial charge is 0.355 e. The van der Waals surface area contributed by atoms with E-state index in [1.165, 1.54) is 13.0 Å². The van der Waals surface area contributed by atoms with Crippen LogP contribution in [0.4, 0.5) is 5.82 Å². The summed E-state index contributed by atoms with van der Waals surface area (Å²) in [6.07, 6.45) is 4.93. The second-order valence-electron chi connectivity index (χ2n) is 5.05. The maximum atomic E-state index is 5.58. The molecule has 1 saturated heterocycles. The third kappa shape index (κ3) is 4.14. The minimum absolute atomic E-state index is 0.784. The summed E-state index contributed by atoms with van der Waals surface area (Å²) in [4.78, 5) is 13.6. The van der Waals surface area contributed by atoms with Gasteiger partial charge in [-0.05, 0) is 38.9 Å². The number of anilines is 1. The van der Waals surface area contributed by atoms with Gasteiger partial charge in [-0.2, -0.15) is 0 Å². The van der Waals surface area contributed by atoms with Crippen LogP contribution in [-0.2, 0) is 6.42 Å². The van der Waals surface area contributed by atoms with E-state index in [0.717, 1.165) is 57.1 Å². The lowest BCUT2D eigenvalue weighted by Crippen LogP contribution is -2.32. The van der Waals surface area contributed by atoms with Gasteiger partial charge >= 0.3 is 0 Å². The lowest BCUT2D eigenvalue weighted by molar-refractivity contribution is 0.291. The highest BCUT2D eigenvalue weighted by Gasteiger charge is 2.15. The summed E-state index contributed by atoms with van der Waals surface area (Å²) in [6, 6.07) is 2.12. The predicted molar refractivity (Wildman–Crippen MR) is 78.4 cm³/mol. The van der Waals surface area contributed by atoms with Gasteiger partial charge in [0.05, 0.1) is 0 Å². The SMILES string of the molecule is CCc1cc(N2CCCN(CCCN)CC2)ncn1. The Balaban J connectivity index is 1.94. The number of aryl methyl sites for hydroxylation is 1. The van der Waals surface area contributed by atoms with Gasteiger partial charge in [0.2, 0.25) is 0 Å². The number of hydrogen-bond acceptors (Lipinski definition) is 5. The van der Waals surface area contributed by atoms with Gasteiger partial charge in [-0.1, -0.05) is 6.92 Å². The van der Waals surface area contributed by atoms with E-state index in [0.29, 0.717) is 0 Å². The monoisotopic (exact) mass is 263 g/mol. The molecule has 1 aliphatic rings. The van der Waals surface area contributed by atoms with Crippen molar-refractivity contribution in [1.82, 2.24) is 14.9 Å². The number of aromatic nitrogens is 2. The molecule has 1 fully saturated rings. The normalized spacial score (nSPS) is 17.5. The first-order valence-corrected chi connectivity index (χ1v) is 7.31. The molecule has 2 heterocycles. The van der Waals surface area contributed by atoms with E-state index in [-0.39, 0.29) is 0 Å². The highest BCUT2D eigenvalue weighted by atomic mass is 15.2. The molecular weight excluding hydrogens is 238 g/mol. The number of rotatable bonds is 5. The molecule has 0 amide bonds. The molecule has 1 aromatic heterocycles. The van der Waals surface area contributed by atoms with Crippen LogP contribution < -0.4 is 10.6 Å². The van der Waals surface area contributed by atoms with Crippen molar-refractivity contribution in [2.75, 3.05) is 44.2 Å². The standard InChI is InChI=1S/C14H25N5/c1-2-13-11-14(17-12-16-13)19-8-4-7-18(9-10-19)6-3-5-15/h11-12H,2-10,15H2,1H3. The molecule has 0 aromatic carbocycles. The smallest absolute Gasteiger partial charge is 0.132 e. The number of hydrogen-bond donors (Lipinski definition) is 1. The molecule has 2 N–H and O–H groups in total. The molecule has 0 bridgehead atoms. The Kier molecular flexibility index (Phi) is 5.54. The van der Waals surface area contributed by atoms with Gasteiger partial charge in [0, 0.05) is 31.4 Å². The van der Waals surface area contributed by atoms with Crippen LogP contribution in [0.1, 0.15) is 25.5 Å². The van der Waals surface area contributed by atoms with Gasteiger partial charge in [0.25, 0.3) is 0 Å². The quantitative estimate of drug-likeness (QED) is 0.855. The summed E-state index contributed by atoms with van der Waals surface area (Å²) < 4.78 is 0. The molecule has 1 aliphatic heterocycles. The molecule has 5 heteroatoms. The first kappa shape index (κ1) is 14.2. The van der Waals surface area contributed by atoms with Gasteiger partial charge in [0.15, 0.2) is 0 Å². The van der Waals surface area contributed by atoms with Crippen molar-refractivity contribution >= 4 is 5.82 Å². The zero-order valence-electron chi connectivity index (χ0n) is 11.9. The Morgan fingerprint density at radius 1 is 1.21 bits per heavy atom. The summed E-state index contributed by atoms with van der Waals surface area (Å²) in [5.41, 5.74) is 6.70. The Labute approximate surface area is 115 Å². The van der Waals surface area contributed by atoms with Crippen molar-refractivity contribution in [3.8, 4) is 0 Å². The van der Waals surface area contributed by atoms with E-state index >= 15 is 0 Å². The molecule has 1 aromatic rings. The fourth-order valence-corrected chi connectivity index (χ4v) is 2.49. The maximum absolute atomic E-state index is 5.58. The topological polar surface area (TPSA) is 58.3 Å². The van der Waals surface area contributed by atoms with Crippen molar-refractivity contribution < 1.29 is 0 Å². The Morgan fingerprint density at radius 2 is 2.11 bits per heavy atom. The Bertz CT molecular complexity index is 382. The average Bonchev–Trinajstić information content (AvgIpc) is 2.70. The van der Waals surface area contributed by atoms with Crippen LogP contribution in [0.2, 0.25) is 0 Å². The van der Waals surface area contributed by atoms with E-state index in [9.17, 15) is 0 Å². The van der Waals surface area contributed by atoms with Crippen LogP contribution in [-0.4, -0.2) is 54.1 Å². The molecule has 0 spiro atoms. The third-order valence-electron chi connectivity index (χ3n) is 3.66. The van der Waals surface area contributed by atoms with Crippen molar-refractivity contribution in [3.63, 3.8) is 0 Å². The Morgan fingerprint density at radius 3 is 2.89 bits per heavy atom. The number of nitrogens with zero attached hydrogens (tertiary/aromatic N) is 4. The molecule has 0 atom stereocenters. The van der Waals surface area contributed by atoms with E-state index in [1.807, 2.05) is 0 Å². The molecule has 5 nitrogen and oxygen atoms in total. The van der Waals surface area contributed by atoms with Crippen molar-refractivity contribution in [2.24, 2.45) is 5.73 Å². The predicted octanol–water partition coefficient (Wildman–Crippen LogP) is 0.900. The summed E-state index contributed by atoms with van der Waals surface area (Å²) >= 11 is 0. The van der Waals surface area contributed by atoms with E-state index in [1.54, 1.807) is 6.33 Å². The van der Waals surface area contributed by atoms with Gasteiger partial charge in [-0.25, -0.2) is 9.97 Å². The lowest BCUT2D eigenvalue weighted by Gasteiger charge is -2.22. The van der Waals surface area contributed by atoms with Crippen molar-refractivity contribution in [2.45, 2.75) is 26.2 Å². The summed E-state index contributed by atoms with van der Waals surface area (Å²) in [6.45, 7) is 8.43. The molecule has 0 radical (unpaired) electrons. The third-order valence-corrected chi connectivity index (χ3v) is 3.66. The molecule has 19 heavy (non-hydrogen) atoms. The minimum atomic E-state index is 0.784. The molecule has 0 aliphatic carbocycles. The molecule has 0 saturated carbocycles. The fourth-order valence-electron chi connectivity index (χ4n) is 2.49. The average molecular weight is 263 g/mol. The van der Waals surface area contributed by atoms with Crippen molar-refractivity contribution in [1.29, 1.82) is 0 Å². The highest BCUT2D eigenvalue weighted by molar-refractivity contribution is 5.39. The first-order valence-electron chi connectivity index (χ1n) is 7.31. The zero-order chi connectivity index (χ0) is 13.5. The van der Waals surface area contributed by atoms with Crippen LogP contribution in [0, 0.1) is 0 Å². The van der Waals surface area contributed by atoms with Crippen LogP contribution in [0.25, 0.3) is 0 Å². The molecule has 2 rings (SSSR count). The summed E-state index contributed by atoms with van der Waals surface area (Å²) in [7, 11) is 0. The van der Waals surface area contributed by atoms with Gasteiger partial charge < -0.3 is 15.5 Å². The van der Waals surface area contributed by atoms with Crippen LogP contribution >= 0.6 is 0 Å². The van der Waals surface area contributed by atoms with Gasteiger partial charge in [-0.15, -0.1) is 0 Å². The maximum Gasteiger partial charge on any atom is 0.132 e. The summed E-state index contributed by atoms with van der Waals surface area (Å²) in [5.74, 6) is 1.08. The highest BCUT2D eigenvalue weighted by Crippen LogP contribution is 2.14. The summed E-state index contributed by atoms with van der Waals surface area (Å²) in [5, 5.41) is 0. The van der Waals surface area contributed by atoms with E-state index in [2.05, 4.69) is 32.8 Å². The fraction of sp³-hybridized carbons (Fsp3) is 0.714. The second-order valence-corrected chi connectivity index (χ2v) is 5.05. The van der Waals surface area contributed by atoms with Crippen LogP contribution in [0.15, 0.2) is 12.4 Å². The van der Waals surface area contributed by atoms with Crippen molar-refractivity contribution in [3.05, 3.63) is 18.1 Å². The molecular formula is C14H25N5. The zero-order valence-corrected chi connectivity index (χ0v) is 11.9. The van der Waals surface area contributed by atoms with E-state index < -0.39 is 0 Å². The number of nitrogens with two attached hydrogens (primary N) is 1.